The number of carbonyl (C=O) groups is 2. The van der Waals surface area contributed by atoms with Crippen molar-refractivity contribution in [2.45, 2.75) is 44.9 Å². The number of aliphatic hydroxyl groups is 1. The van der Waals surface area contributed by atoms with Gasteiger partial charge < -0.3 is 25.5 Å². The van der Waals surface area contributed by atoms with E-state index in [1.54, 1.807) is 20.8 Å². The molecule has 0 unspecified atom stereocenters. The Hall–Kier alpha value is -2.77. The van der Waals surface area contributed by atoms with Crippen LogP contribution in [0.1, 0.15) is 58.9 Å². The Balaban J connectivity index is 0.000000255. The summed E-state index contributed by atoms with van der Waals surface area (Å²) in [5.41, 5.74) is 6.04. The van der Waals surface area contributed by atoms with Gasteiger partial charge in [0.15, 0.2) is 17.2 Å². The molecule has 2 heterocycles. The molecule has 1 aliphatic rings. The number of carboxylic acids is 1. The van der Waals surface area contributed by atoms with Crippen LogP contribution in [0, 0.1) is 5.82 Å². The fourth-order valence-corrected chi connectivity index (χ4v) is 3.12. The zero-order chi connectivity index (χ0) is 22.9. The summed E-state index contributed by atoms with van der Waals surface area (Å²) >= 11 is 0. The fourth-order valence-electron chi connectivity index (χ4n) is 3.12. The van der Waals surface area contributed by atoms with Crippen LogP contribution in [0.4, 0.5) is 4.39 Å². The van der Waals surface area contributed by atoms with Gasteiger partial charge in [-0.05, 0) is 38.0 Å². The van der Waals surface area contributed by atoms with Crippen molar-refractivity contribution in [2.75, 3.05) is 0 Å². The molecule has 0 amide bonds. The predicted octanol–water partition coefficient (Wildman–Crippen LogP) is -2.21. The van der Waals surface area contributed by atoms with Crippen LogP contribution in [0.15, 0.2) is 36.5 Å². The Kier molecular flexibility index (Phi) is 7.80. The molecule has 3 aromatic rings. The third-order valence-electron chi connectivity index (χ3n) is 4.50. The molecular formula is C21H22FLiN4O5. The number of nitrogens with zero attached hydrogens (tertiary/aromatic N) is 3. The van der Waals surface area contributed by atoms with Gasteiger partial charge in [0.2, 0.25) is 0 Å². The molecule has 164 valence electrons. The van der Waals surface area contributed by atoms with E-state index in [2.05, 4.69) is 10.1 Å². The monoisotopic (exact) mass is 436 g/mol. The largest absolute Gasteiger partial charge is 1.00 e. The first-order valence-corrected chi connectivity index (χ1v) is 9.48. The van der Waals surface area contributed by atoms with Gasteiger partial charge in [0.1, 0.15) is 5.60 Å². The van der Waals surface area contributed by atoms with Crippen LogP contribution in [0.3, 0.4) is 0 Å². The quantitative estimate of drug-likeness (QED) is 0.340. The summed E-state index contributed by atoms with van der Waals surface area (Å²) in [6, 6.07) is 8.69. The SMILES string of the molecule is CC(C)(C)OC(=O)c1cc(C(=O)[O-])nc2c(F)cnn12.N[C@H]1c2ccccc2C[C@H]1O.[Li+]. The molecule has 32 heavy (non-hydrogen) atoms. The van der Waals surface area contributed by atoms with Crippen LogP contribution >= 0.6 is 0 Å². The number of aromatic carboxylic acids is 1. The smallest absolute Gasteiger partial charge is 0.543 e. The first-order chi connectivity index (χ1) is 14.5. The second-order valence-electron chi connectivity index (χ2n) is 8.04. The third-order valence-corrected chi connectivity index (χ3v) is 4.50. The van der Waals surface area contributed by atoms with Crippen LogP contribution in [0.2, 0.25) is 0 Å². The summed E-state index contributed by atoms with van der Waals surface area (Å²) in [5, 5.41) is 23.9. The zero-order valence-corrected chi connectivity index (χ0v) is 18.2. The minimum atomic E-state index is -1.63. The van der Waals surface area contributed by atoms with E-state index in [1.807, 2.05) is 24.3 Å². The molecular weight excluding hydrogens is 414 g/mol. The minimum absolute atomic E-state index is 0. The third kappa shape index (κ3) is 5.52. The number of carbonyl (C=O) groups excluding carboxylic acids is 2. The fraction of sp³-hybridized carbons (Fsp3) is 0.333. The topological polar surface area (TPSA) is 143 Å². The maximum absolute atomic E-state index is 13.5. The van der Waals surface area contributed by atoms with E-state index in [4.69, 9.17) is 10.5 Å². The van der Waals surface area contributed by atoms with Gasteiger partial charge in [-0.1, -0.05) is 24.3 Å². The minimum Gasteiger partial charge on any atom is -0.543 e. The molecule has 0 fully saturated rings. The van der Waals surface area contributed by atoms with E-state index in [0.717, 1.165) is 22.3 Å². The maximum Gasteiger partial charge on any atom is 1.00 e. The summed E-state index contributed by atoms with van der Waals surface area (Å²) in [6.45, 7) is 4.94. The number of benzene rings is 1. The summed E-state index contributed by atoms with van der Waals surface area (Å²) in [7, 11) is 0. The van der Waals surface area contributed by atoms with Crippen LogP contribution in [-0.2, 0) is 11.2 Å². The first-order valence-electron chi connectivity index (χ1n) is 9.48. The number of fused-ring (bicyclic) bond motifs is 2. The Morgan fingerprint density at radius 1 is 1.31 bits per heavy atom. The molecule has 1 aromatic carbocycles. The van der Waals surface area contributed by atoms with Crippen molar-refractivity contribution in [3.8, 4) is 0 Å². The van der Waals surface area contributed by atoms with Gasteiger partial charge in [0.25, 0.3) is 0 Å². The number of aromatic nitrogens is 3. The van der Waals surface area contributed by atoms with Crippen molar-refractivity contribution in [2.24, 2.45) is 5.73 Å². The number of hydrogen-bond acceptors (Lipinski definition) is 8. The van der Waals surface area contributed by atoms with Crippen LogP contribution in [0.5, 0.6) is 0 Å². The van der Waals surface area contributed by atoms with Gasteiger partial charge in [0, 0.05) is 6.42 Å². The van der Waals surface area contributed by atoms with Gasteiger partial charge in [-0.2, -0.15) is 5.10 Å². The van der Waals surface area contributed by atoms with Crippen LogP contribution < -0.4 is 29.7 Å². The van der Waals surface area contributed by atoms with Crippen molar-refractivity contribution >= 4 is 17.6 Å². The second-order valence-corrected chi connectivity index (χ2v) is 8.04. The molecule has 0 saturated carbocycles. The van der Waals surface area contributed by atoms with Gasteiger partial charge in [0.05, 0.1) is 30.0 Å². The summed E-state index contributed by atoms with van der Waals surface area (Å²) in [4.78, 5) is 26.4. The number of rotatable bonds is 2. The van der Waals surface area contributed by atoms with E-state index >= 15 is 0 Å². The number of hydrogen-bond donors (Lipinski definition) is 2. The summed E-state index contributed by atoms with van der Waals surface area (Å²) in [6.07, 6.45) is 1.15. The Bertz CT molecular complexity index is 1140. The number of esters is 1. The normalized spacial score (nSPS) is 17.1. The summed E-state index contributed by atoms with van der Waals surface area (Å²) < 4.78 is 19.5. The Labute approximate surface area is 195 Å². The van der Waals surface area contributed by atoms with Crippen molar-refractivity contribution < 1.29 is 47.8 Å². The molecule has 0 spiro atoms. The molecule has 2 aromatic heterocycles. The predicted molar refractivity (Wildman–Crippen MR) is 106 cm³/mol. The number of aliphatic hydroxyl groups excluding tert-OH is 1. The molecule has 2 atom stereocenters. The van der Waals surface area contributed by atoms with E-state index < -0.39 is 29.1 Å². The van der Waals surface area contributed by atoms with Crippen molar-refractivity contribution in [1.82, 2.24) is 14.6 Å². The second kappa shape index (κ2) is 9.79. The average molecular weight is 436 g/mol. The van der Waals surface area contributed by atoms with Crippen molar-refractivity contribution in [3.05, 3.63) is 64.9 Å². The molecule has 11 heteroatoms. The van der Waals surface area contributed by atoms with E-state index in [9.17, 15) is 24.2 Å². The van der Waals surface area contributed by atoms with E-state index in [0.29, 0.717) is 6.42 Å². The summed E-state index contributed by atoms with van der Waals surface area (Å²) in [5.74, 6) is -3.31. The van der Waals surface area contributed by atoms with Gasteiger partial charge in [-0.15, -0.1) is 0 Å². The van der Waals surface area contributed by atoms with Gasteiger partial charge in [-0.25, -0.2) is 18.7 Å². The molecule has 9 nitrogen and oxygen atoms in total. The average Bonchev–Trinajstić information content (AvgIpc) is 3.20. The number of halogens is 1. The zero-order valence-electron chi connectivity index (χ0n) is 18.2. The number of ether oxygens (including phenoxy) is 1. The molecule has 3 N–H and O–H groups in total. The molecule has 1 aliphatic carbocycles. The molecule has 0 saturated heterocycles. The van der Waals surface area contributed by atoms with Crippen molar-refractivity contribution in [1.29, 1.82) is 0 Å². The Morgan fingerprint density at radius 2 is 1.97 bits per heavy atom. The first kappa shape index (κ1) is 25.5. The van der Waals surface area contributed by atoms with Gasteiger partial charge in [-0.3, -0.25) is 0 Å². The molecule has 0 radical (unpaired) electrons. The van der Waals surface area contributed by atoms with E-state index in [1.165, 1.54) is 5.56 Å². The van der Waals surface area contributed by atoms with Crippen molar-refractivity contribution in [3.63, 3.8) is 0 Å². The van der Waals surface area contributed by atoms with E-state index in [-0.39, 0.29) is 42.3 Å². The molecule has 0 bridgehead atoms. The number of nitrogens with two attached hydrogens (primary N) is 1. The van der Waals surface area contributed by atoms with Gasteiger partial charge >= 0.3 is 24.8 Å². The molecule has 0 aliphatic heterocycles. The Morgan fingerprint density at radius 3 is 2.56 bits per heavy atom. The molecule has 4 rings (SSSR count). The number of carboxylic acid groups (broad SMARTS) is 1. The maximum atomic E-state index is 13.5. The standard InChI is InChI=1S/C12H12FN3O4.C9H11NO.Li/c1-12(2,3)20-11(19)8-4-7(10(17)18)15-9-6(13)5-14-16(8)9;10-9-7-4-2-1-3-6(7)5-8(9)11;/h4-5H,1-3H3,(H,17,18);1-4,8-9,11H,5,10H2;/q;;+1/p-1/t;8-,9+;/m.1./s1. The van der Waals surface area contributed by atoms with Crippen LogP contribution in [0.25, 0.3) is 5.65 Å². The van der Waals surface area contributed by atoms with Crippen LogP contribution in [-0.4, -0.2) is 43.3 Å².